The van der Waals surface area contributed by atoms with Gasteiger partial charge in [0.2, 0.25) is 5.91 Å². The maximum Gasteiger partial charge on any atom is 0.223 e. The number of amides is 1. The minimum atomic E-state index is -0.306. The van der Waals surface area contributed by atoms with Crippen LogP contribution in [0.3, 0.4) is 0 Å². The van der Waals surface area contributed by atoms with Crippen LogP contribution in [0.5, 0.6) is 0 Å². The summed E-state index contributed by atoms with van der Waals surface area (Å²) in [4.78, 5) is 12.4. The number of aliphatic hydroxyl groups is 2. The Balaban J connectivity index is 1.65. The molecule has 4 fully saturated rings. The summed E-state index contributed by atoms with van der Waals surface area (Å²) in [6.45, 7) is 4.65. The Kier molecular flexibility index (Phi) is 4.23. The topological polar surface area (TPSA) is 69.6 Å². The van der Waals surface area contributed by atoms with Gasteiger partial charge in [0.05, 0.1) is 12.2 Å². The van der Waals surface area contributed by atoms with E-state index in [2.05, 4.69) is 19.2 Å². The maximum absolute atomic E-state index is 12.4. The second kappa shape index (κ2) is 5.95. The molecule has 4 saturated carbocycles. The van der Waals surface area contributed by atoms with Crippen LogP contribution in [0.4, 0.5) is 0 Å². The molecule has 0 spiro atoms. The van der Waals surface area contributed by atoms with Crippen molar-refractivity contribution in [2.45, 2.75) is 77.4 Å². The van der Waals surface area contributed by atoms with Gasteiger partial charge in [-0.1, -0.05) is 13.8 Å². The van der Waals surface area contributed by atoms with Crippen molar-refractivity contribution in [2.24, 2.45) is 40.4 Å². The fourth-order valence-corrected chi connectivity index (χ4v) is 7.97. The first-order valence-electron chi connectivity index (χ1n) is 10.4. The Hall–Kier alpha value is -0.610. The highest BCUT2D eigenvalue weighted by Gasteiger charge is 2.63. The summed E-state index contributed by atoms with van der Waals surface area (Å²) in [7, 11) is 1.74. The molecule has 0 heterocycles. The molecule has 0 saturated heterocycles. The number of carbonyl (C=O) groups is 1. The molecule has 0 aromatic rings. The Labute approximate surface area is 151 Å². The van der Waals surface area contributed by atoms with Gasteiger partial charge in [0.25, 0.3) is 0 Å². The molecule has 0 aromatic heterocycles. The third kappa shape index (κ3) is 2.43. The van der Waals surface area contributed by atoms with Gasteiger partial charge in [-0.25, -0.2) is 0 Å². The normalized spacial score (nSPS) is 55.0. The van der Waals surface area contributed by atoms with E-state index in [1.54, 1.807) is 7.05 Å². The van der Waals surface area contributed by atoms with Crippen LogP contribution in [0.1, 0.15) is 65.2 Å². The molecule has 0 bridgehead atoms. The van der Waals surface area contributed by atoms with Gasteiger partial charge < -0.3 is 15.5 Å². The lowest BCUT2D eigenvalue weighted by Crippen LogP contribution is -2.59. The molecule has 25 heavy (non-hydrogen) atoms. The highest BCUT2D eigenvalue weighted by atomic mass is 16.3. The third-order valence-electron chi connectivity index (χ3n) is 9.13. The number of aliphatic hydroxyl groups excluding tert-OH is 2. The Morgan fingerprint density at radius 1 is 1.04 bits per heavy atom. The van der Waals surface area contributed by atoms with Gasteiger partial charge >= 0.3 is 0 Å². The van der Waals surface area contributed by atoms with Gasteiger partial charge in [0, 0.05) is 13.0 Å². The molecule has 9 atom stereocenters. The predicted molar refractivity (Wildman–Crippen MR) is 96.7 cm³/mol. The van der Waals surface area contributed by atoms with Crippen LogP contribution in [0, 0.1) is 40.4 Å². The second-order valence-corrected chi connectivity index (χ2v) is 10.0. The summed E-state index contributed by atoms with van der Waals surface area (Å²) >= 11 is 0. The second-order valence-electron chi connectivity index (χ2n) is 10.0. The van der Waals surface area contributed by atoms with Crippen LogP contribution >= 0.6 is 0 Å². The molecule has 4 rings (SSSR count). The number of hydrogen-bond donors (Lipinski definition) is 3. The smallest absolute Gasteiger partial charge is 0.223 e. The van der Waals surface area contributed by atoms with Gasteiger partial charge in [-0.3, -0.25) is 4.79 Å². The van der Waals surface area contributed by atoms with Crippen LogP contribution in [-0.2, 0) is 4.79 Å². The first kappa shape index (κ1) is 17.8. The molecule has 1 amide bonds. The summed E-state index contributed by atoms with van der Waals surface area (Å²) in [6.07, 6.45) is 7.59. The van der Waals surface area contributed by atoms with Crippen LogP contribution in [0.25, 0.3) is 0 Å². The lowest BCUT2D eigenvalue weighted by molar-refractivity contribution is -0.179. The number of fused-ring (bicyclic) bond motifs is 5. The maximum atomic E-state index is 12.4. The van der Waals surface area contributed by atoms with Crippen LogP contribution in [0.2, 0.25) is 0 Å². The number of carbonyl (C=O) groups excluding carboxylic acids is 1. The fourth-order valence-electron chi connectivity index (χ4n) is 7.97. The summed E-state index contributed by atoms with van der Waals surface area (Å²) < 4.78 is 0. The van der Waals surface area contributed by atoms with E-state index >= 15 is 0 Å². The molecular weight excluding hydrogens is 314 g/mol. The van der Waals surface area contributed by atoms with Crippen molar-refractivity contribution in [1.82, 2.24) is 5.32 Å². The van der Waals surface area contributed by atoms with Crippen molar-refractivity contribution in [3.63, 3.8) is 0 Å². The van der Waals surface area contributed by atoms with Crippen LogP contribution < -0.4 is 5.32 Å². The van der Waals surface area contributed by atoms with Gasteiger partial charge in [-0.05, 0) is 85.9 Å². The van der Waals surface area contributed by atoms with E-state index in [4.69, 9.17) is 0 Å². The molecule has 4 nitrogen and oxygen atoms in total. The first-order chi connectivity index (χ1) is 11.8. The Morgan fingerprint density at radius 3 is 2.52 bits per heavy atom. The molecule has 0 aromatic carbocycles. The van der Waals surface area contributed by atoms with E-state index in [-0.39, 0.29) is 34.9 Å². The average molecular weight is 350 g/mol. The zero-order chi connectivity index (χ0) is 18.0. The van der Waals surface area contributed by atoms with Gasteiger partial charge in [0.1, 0.15) is 0 Å². The summed E-state index contributed by atoms with van der Waals surface area (Å²) in [6, 6.07) is 0. The summed E-state index contributed by atoms with van der Waals surface area (Å²) in [5, 5.41) is 24.3. The van der Waals surface area contributed by atoms with Gasteiger partial charge in [-0.2, -0.15) is 0 Å². The van der Waals surface area contributed by atoms with Gasteiger partial charge in [0.15, 0.2) is 0 Å². The highest BCUT2D eigenvalue weighted by molar-refractivity contribution is 5.79. The summed E-state index contributed by atoms with van der Waals surface area (Å²) in [5.74, 6) is 2.22. The standard InChI is InChI=1S/C21H35NO3/c1-20-9-8-13(23)10-12(20)4-5-14-15-6-7-16(19(25)22-3)21(15,2)11-17(24)18(14)20/h12-18,23-24H,4-11H2,1-3H3,(H,22,25)/t12?,13-,14-,15-,16+,17-,18+,20?,21-/m0/s1. The van der Waals surface area contributed by atoms with Crippen LogP contribution in [0.15, 0.2) is 0 Å². The minimum Gasteiger partial charge on any atom is -0.393 e. The van der Waals surface area contributed by atoms with E-state index in [0.717, 1.165) is 44.9 Å². The van der Waals surface area contributed by atoms with E-state index in [1.807, 2.05) is 0 Å². The lowest BCUT2D eigenvalue weighted by Gasteiger charge is -2.62. The van der Waals surface area contributed by atoms with Crippen molar-refractivity contribution in [1.29, 1.82) is 0 Å². The van der Waals surface area contributed by atoms with Crippen molar-refractivity contribution < 1.29 is 15.0 Å². The largest absolute Gasteiger partial charge is 0.393 e. The molecule has 3 N–H and O–H groups in total. The zero-order valence-electron chi connectivity index (χ0n) is 16.0. The highest BCUT2D eigenvalue weighted by Crippen LogP contribution is 2.67. The number of nitrogens with one attached hydrogen (secondary N) is 1. The molecule has 2 unspecified atom stereocenters. The molecule has 4 aliphatic carbocycles. The zero-order valence-corrected chi connectivity index (χ0v) is 16.0. The molecule has 4 heteroatoms. The van der Waals surface area contributed by atoms with E-state index in [9.17, 15) is 15.0 Å². The minimum absolute atomic E-state index is 0.0526. The SMILES string of the molecule is CNC(=O)[C@H]1CC[C@H]2[C@@H]3CCC4C[C@@H](O)CCC4(C)[C@H]3[C@@H](O)C[C@]12C. The quantitative estimate of drug-likeness (QED) is 0.682. The first-order valence-corrected chi connectivity index (χ1v) is 10.4. The molecule has 0 aliphatic heterocycles. The van der Waals surface area contributed by atoms with Gasteiger partial charge in [-0.15, -0.1) is 0 Å². The van der Waals surface area contributed by atoms with Crippen molar-refractivity contribution in [3.05, 3.63) is 0 Å². The van der Waals surface area contributed by atoms with Crippen molar-refractivity contribution in [3.8, 4) is 0 Å². The van der Waals surface area contributed by atoms with Crippen molar-refractivity contribution in [2.75, 3.05) is 7.05 Å². The molecule has 0 radical (unpaired) electrons. The van der Waals surface area contributed by atoms with Crippen LogP contribution in [-0.4, -0.2) is 35.4 Å². The van der Waals surface area contributed by atoms with E-state index in [1.165, 1.54) is 6.42 Å². The number of hydrogen-bond acceptors (Lipinski definition) is 3. The summed E-state index contributed by atoms with van der Waals surface area (Å²) in [5.41, 5.74) is 0.103. The Bertz CT molecular complexity index is 551. The lowest BCUT2D eigenvalue weighted by atomic mass is 9.44. The predicted octanol–water partition coefficient (Wildman–Crippen LogP) is 2.72. The Morgan fingerprint density at radius 2 is 1.80 bits per heavy atom. The third-order valence-corrected chi connectivity index (χ3v) is 9.13. The van der Waals surface area contributed by atoms with E-state index < -0.39 is 0 Å². The number of rotatable bonds is 1. The van der Waals surface area contributed by atoms with Crippen molar-refractivity contribution >= 4 is 5.91 Å². The molecular formula is C21H35NO3. The molecule has 4 aliphatic rings. The average Bonchev–Trinajstić information content (AvgIpc) is 2.91. The fraction of sp³-hybridized carbons (Fsp3) is 0.952. The molecule has 142 valence electrons. The monoisotopic (exact) mass is 349 g/mol. The van der Waals surface area contributed by atoms with E-state index in [0.29, 0.717) is 23.7 Å².